The number of rotatable bonds is 2. The van der Waals surface area contributed by atoms with Crippen molar-refractivity contribution >= 4 is 28.4 Å². The van der Waals surface area contributed by atoms with Crippen LogP contribution in [0.3, 0.4) is 0 Å². The second-order valence-corrected chi connectivity index (χ2v) is 2.98. The summed E-state index contributed by atoms with van der Waals surface area (Å²) in [6.07, 6.45) is 0. The van der Waals surface area contributed by atoms with E-state index in [1.807, 2.05) is 6.92 Å². The van der Waals surface area contributed by atoms with Crippen molar-refractivity contribution < 1.29 is 27.1 Å². The number of hydrogen-bond donors (Lipinski definition) is 0. The smallest absolute Gasteiger partial charge is 0.219 e. The minimum Gasteiger partial charge on any atom is -0.479 e. The first kappa shape index (κ1) is 12.6. The Bertz CT molecular complexity index is 69.4. The quantitative estimate of drug-likeness (QED) is 0.554. The normalized spacial score (nSPS) is 7.78. The molecule has 0 amide bonds. The number of thioether (sulfide) groups is 1. The molecule has 0 atom stereocenters. The molecule has 0 aromatic rings. The molecule has 0 fully saturated rings. The summed E-state index contributed by atoms with van der Waals surface area (Å²) < 4.78 is 5.64. The van der Waals surface area contributed by atoms with Gasteiger partial charge in [-0.15, -0.1) is 0 Å². The van der Waals surface area contributed by atoms with Gasteiger partial charge < -0.3 is 4.74 Å². The van der Waals surface area contributed by atoms with E-state index in [2.05, 4.69) is 6.92 Å². The second-order valence-electron chi connectivity index (χ2n) is 1.12. The van der Waals surface area contributed by atoms with Crippen LogP contribution < -0.4 is 0 Å². The fourth-order valence-corrected chi connectivity index (χ4v) is 1.19. The van der Waals surface area contributed by atoms with E-state index in [0.29, 0.717) is 11.0 Å². The average Bonchev–Trinajstić information content (AvgIpc) is 1.68. The fraction of sp³-hybridized carbons (Fsp3) is 0.800. The Morgan fingerprint density at radius 1 is 1.56 bits per heavy atom. The first-order chi connectivity index (χ1) is 3.81. The van der Waals surface area contributed by atoms with Gasteiger partial charge in [-0.3, -0.25) is 0 Å². The maximum Gasteiger partial charge on any atom is 0.219 e. The van der Waals surface area contributed by atoms with Gasteiger partial charge in [0.2, 0.25) is 4.38 Å². The molecule has 0 saturated heterocycles. The predicted octanol–water partition coefficient (Wildman–Crippen LogP) is 2.06. The SMILES string of the molecule is CCOC(=S)SCC.[Ag]. The van der Waals surface area contributed by atoms with Gasteiger partial charge in [0.25, 0.3) is 0 Å². The first-order valence-corrected chi connectivity index (χ1v) is 4.00. The zero-order chi connectivity index (χ0) is 6.41. The summed E-state index contributed by atoms with van der Waals surface area (Å²) >= 11 is 6.36. The van der Waals surface area contributed by atoms with Crippen molar-refractivity contribution in [2.24, 2.45) is 0 Å². The summed E-state index contributed by atoms with van der Waals surface area (Å²) in [7, 11) is 0. The van der Waals surface area contributed by atoms with Crippen LogP contribution in [0.2, 0.25) is 0 Å². The molecule has 0 aliphatic rings. The van der Waals surface area contributed by atoms with Crippen molar-refractivity contribution in [3.8, 4) is 0 Å². The Hall–Kier alpha value is 0.980. The van der Waals surface area contributed by atoms with E-state index < -0.39 is 0 Å². The number of ether oxygens (including phenoxy) is 1. The Labute approximate surface area is 81.4 Å². The molecule has 4 heteroatoms. The zero-order valence-electron chi connectivity index (χ0n) is 5.44. The molecule has 59 valence electrons. The minimum atomic E-state index is 0. The predicted molar refractivity (Wildman–Crippen MR) is 42.4 cm³/mol. The van der Waals surface area contributed by atoms with Crippen LogP contribution in [-0.2, 0) is 27.1 Å². The summed E-state index contributed by atoms with van der Waals surface area (Å²) in [6, 6.07) is 0. The summed E-state index contributed by atoms with van der Waals surface area (Å²) in [5.41, 5.74) is 0. The van der Waals surface area contributed by atoms with Gasteiger partial charge in [0, 0.05) is 22.4 Å². The maximum atomic E-state index is 4.98. The van der Waals surface area contributed by atoms with E-state index in [1.54, 1.807) is 11.8 Å². The van der Waals surface area contributed by atoms with E-state index in [9.17, 15) is 0 Å². The van der Waals surface area contributed by atoms with E-state index >= 15 is 0 Å². The van der Waals surface area contributed by atoms with Crippen LogP contribution in [-0.4, -0.2) is 16.7 Å². The summed E-state index contributed by atoms with van der Waals surface area (Å²) in [6.45, 7) is 4.67. The molecule has 0 aliphatic heterocycles. The fourth-order valence-electron chi connectivity index (χ4n) is 0.277. The molecule has 0 unspecified atom stereocenters. The van der Waals surface area contributed by atoms with Crippen LogP contribution in [0.25, 0.3) is 0 Å². The summed E-state index contributed by atoms with van der Waals surface area (Å²) in [5.74, 6) is 0.999. The molecule has 0 spiro atoms. The molecule has 9 heavy (non-hydrogen) atoms. The average molecular weight is 258 g/mol. The standard InChI is InChI=1S/C5H10OS2.Ag/c1-3-6-5(7)8-4-2;/h3-4H2,1-2H3;. The van der Waals surface area contributed by atoms with Gasteiger partial charge in [0.1, 0.15) is 0 Å². The summed E-state index contributed by atoms with van der Waals surface area (Å²) in [4.78, 5) is 0. The molecule has 0 heterocycles. The molecule has 0 saturated carbocycles. The number of thiocarbonyl (C=S) groups is 1. The molecule has 0 N–H and O–H groups in total. The van der Waals surface area contributed by atoms with Crippen LogP contribution in [0.5, 0.6) is 0 Å². The van der Waals surface area contributed by atoms with Gasteiger partial charge in [-0.2, -0.15) is 0 Å². The van der Waals surface area contributed by atoms with Crippen molar-refractivity contribution in [3.63, 3.8) is 0 Å². The van der Waals surface area contributed by atoms with Gasteiger partial charge >= 0.3 is 0 Å². The first-order valence-electron chi connectivity index (χ1n) is 2.60. The Kier molecular flexibility index (Phi) is 12.6. The Morgan fingerprint density at radius 2 is 2.11 bits per heavy atom. The Morgan fingerprint density at radius 3 is 2.44 bits per heavy atom. The van der Waals surface area contributed by atoms with Crippen LogP contribution >= 0.6 is 24.0 Å². The van der Waals surface area contributed by atoms with E-state index in [0.717, 1.165) is 5.75 Å². The third kappa shape index (κ3) is 8.98. The van der Waals surface area contributed by atoms with Gasteiger partial charge in [-0.25, -0.2) is 0 Å². The van der Waals surface area contributed by atoms with E-state index in [4.69, 9.17) is 17.0 Å². The Balaban J connectivity index is 0. The zero-order valence-corrected chi connectivity index (χ0v) is 8.56. The van der Waals surface area contributed by atoms with E-state index in [1.165, 1.54) is 0 Å². The molecular formula is C5H10AgOS2. The molecule has 0 aromatic heterocycles. The van der Waals surface area contributed by atoms with Gasteiger partial charge in [-0.05, 0) is 24.9 Å². The maximum absolute atomic E-state index is 4.98. The van der Waals surface area contributed by atoms with E-state index in [-0.39, 0.29) is 22.4 Å². The molecule has 0 aliphatic carbocycles. The van der Waals surface area contributed by atoms with Crippen LogP contribution in [0.15, 0.2) is 0 Å². The molecule has 0 bridgehead atoms. The molecule has 1 nitrogen and oxygen atoms in total. The van der Waals surface area contributed by atoms with Gasteiger partial charge in [-0.1, -0.05) is 18.7 Å². The monoisotopic (exact) mass is 257 g/mol. The van der Waals surface area contributed by atoms with Crippen LogP contribution in [0.1, 0.15) is 13.8 Å². The van der Waals surface area contributed by atoms with Crippen molar-refractivity contribution in [1.29, 1.82) is 0 Å². The molecule has 1 radical (unpaired) electrons. The van der Waals surface area contributed by atoms with Crippen molar-refractivity contribution in [2.45, 2.75) is 13.8 Å². The summed E-state index contributed by atoms with van der Waals surface area (Å²) in [5, 5.41) is 0. The largest absolute Gasteiger partial charge is 0.479 e. The topological polar surface area (TPSA) is 9.23 Å². The van der Waals surface area contributed by atoms with Crippen LogP contribution in [0.4, 0.5) is 0 Å². The van der Waals surface area contributed by atoms with Crippen molar-refractivity contribution in [2.75, 3.05) is 12.4 Å². The second kappa shape index (κ2) is 8.98. The van der Waals surface area contributed by atoms with Gasteiger partial charge in [0.15, 0.2) is 0 Å². The molecular weight excluding hydrogens is 248 g/mol. The van der Waals surface area contributed by atoms with Crippen molar-refractivity contribution in [1.82, 2.24) is 0 Å². The minimum absolute atomic E-state index is 0. The van der Waals surface area contributed by atoms with Gasteiger partial charge in [0.05, 0.1) is 6.61 Å². The molecule has 0 aromatic carbocycles. The van der Waals surface area contributed by atoms with Crippen molar-refractivity contribution in [3.05, 3.63) is 0 Å². The number of hydrogen-bond acceptors (Lipinski definition) is 3. The van der Waals surface area contributed by atoms with Crippen LogP contribution in [0, 0.1) is 0 Å². The third-order valence-corrected chi connectivity index (χ3v) is 1.64. The molecule has 0 rings (SSSR count). The third-order valence-electron chi connectivity index (χ3n) is 0.524.